The summed E-state index contributed by atoms with van der Waals surface area (Å²) in [5, 5.41) is 0.964. The monoisotopic (exact) mass is 299 g/mol. The molecule has 3 nitrogen and oxygen atoms in total. The van der Waals surface area contributed by atoms with E-state index < -0.39 is 0 Å². The molecule has 102 valence electrons. The minimum Gasteiger partial charge on any atom is -0.377 e. The first-order valence-corrected chi connectivity index (χ1v) is 7.28. The van der Waals surface area contributed by atoms with Gasteiger partial charge in [-0.1, -0.05) is 23.2 Å². The second kappa shape index (κ2) is 5.31. The van der Waals surface area contributed by atoms with Gasteiger partial charge in [-0.15, -0.1) is 0 Å². The third-order valence-corrected chi connectivity index (χ3v) is 4.43. The van der Waals surface area contributed by atoms with Gasteiger partial charge in [-0.2, -0.15) is 0 Å². The lowest BCUT2D eigenvalue weighted by Gasteiger charge is -2.45. The molecule has 1 amide bonds. The molecule has 0 aromatic heterocycles. The maximum atomic E-state index is 12.7. The van der Waals surface area contributed by atoms with E-state index in [4.69, 9.17) is 27.9 Å². The third kappa shape index (κ3) is 2.47. The van der Waals surface area contributed by atoms with Gasteiger partial charge in [-0.05, 0) is 37.5 Å². The van der Waals surface area contributed by atoms with Crippen LogP contribution in [-0.2, 0) is 4.74 Å². The van der Waals surface area contributed by atoms with Crippen molar-refractivity contribution in [2.45, 2.75) is 31.3 Å². The molecule has 2 aliphatic rings. The topological polar surface area (TPSA) is 29.5 Å². The Kier molecular flexibility index (Phi) is 3.70. The van der Waals surface area contributed by atoms with E-state index in [2.05, 4.69) is 0 Å². The zero-order chi connectivity index (χ0) is 13.4. The number of carbonyl (C=O) groups is 1. The molecule has 3 rings (SSSR count). The van der Waals surface area contributed by atoms with Crippen LogP contribution in [0.1, 0.15) is 29.6 Å². The number of piperidine rings is 1. The highest BCUT2D eigenvalue weighted by Crippen LogP contribution is 2.31. The molecule has 0 aliphatic carbocycles. The van der Waals surface area contributed by atoms with Gasteiger partial charge in [0.1, 0.15) is 0 Å². The zero-order valence-electron chi connectivity index (χ0n) is 10.4. The standard InChI is InChI=1S/C14H15Cl2NO2/c15-9-4-5-12(13(16)6-9)14(18)17-10-2-1-3-11(17)8-19-7-10/h4-6,10-11H,1-3,7-8H2/t10-,11-/m0/s1. The molecule has 1 aromatic carbocycles. The maximum absolute atomic E-state index is 12.7. The number of hydrogen-bond acceptors (Lipinski definition) is 2. The summed E-state index contributed by atoms with van der Waals surface area (Å²) in [6, 6.07) is 5.40. The van der Waals surface area contributed by atoms with Gasteiger partial charge >= 0.3 is 0 Å². The minimum atomic E-state index is -0.000309. The average Bonchev–Trinajstić information content (AvgIpc) is 2.37. The third-order valence-electron chi connectivity index (χ3n) is 3.88. The van der Waals surface area contributed by atoms with Crippen LogP contribution >= 0.6 is 23.2 Å². The Labute approximate surface area is 122 Å². The first kappa shape index (κ1) is 13.2. The summed E-state index contributed by atoms with van der Waals surface area (Å²) in [6.07, 6.45) is 3.18. The van der Waals surface area contributed by atoms with Crippen LogP contribution in [0.15, 0.2) is 18.2 Å². The van der Waals surface area contributed by atoms with Crippen LogP contribution in [0, 0.1) is 0 Å². The Bertz CT molecular complexity index is 484. The Morgan fingerprint density at radius 3 is 2.53 bits per heavy atom. The van der Waals surface area contributed by atoms with E-state index in [0.717, 1.165) is 19.3 Å². The van der Waals surface area contributed by atoms with Crippen LogP contribution < -0.4 is 0 Å². The van der Waals surface area contributed by atoms with E-state index in [1.165, 1.54) is 0 Å². The number of benzene rings is 1. The molecule has 2 atom stereocenters. The number of amides is 1. The molecule has 5 heteroatoms. The van der Waals surface area contributed by atoms with Gasteiger partial charge in [-0.3, -0.25) is 4.79 Å². The fourth-order valence-electron chi connectivity index (χ4n) is 2.97. The largest absolute Gasteiger partial charge is 0.377 e. The molecule has 0 unspecified atom stereocenters. The molecule has 19 heavy (non-hydrogen) atoms. The van der Waals surface area contributed by atoms with Crippen molar-refractivity contribution in [1.29, 1.82) is 0 Å². The highest BCUT2D eigenvalue weighted by atomic mass is 35.5. The molecule has 2 fully saturated rings. The van der Waals surface area contributed by atoms with E-state index in [1.54, 1.807) is 18.2 Å². The van der Waals surface area contributed by atoms with Crippen molar-refractivity contribution in [1.82, 2.24) is 4.90 Å². The Hall–Kier alpha value is -0.770. The van der Waals surface area contributed by atoms with Crippen molar-refractivity contribution < 1.29 is 9.53 Å². The zero-order valence-corrected chi connectivity index (χ0v) is 12.0. The molecular formula is C14H15Cl2NO2. The van der Waals surface area contributed by atoms with Gasteiger partial charge in [0.15, 0.2) is 0 Å². The van der Waals surface area contributed by atoms with Gasteiger partial charge in [-0.25, -0.2) is 0 Å². The van der Waals surface area contributed by atoms with Crippen LogP contribution in [0.25, 0.3) is 0 Å². The molecule has 0 saturated carbocycles. The predicted octanol–water partition coefficient (Wildman–Crippen LogP) is 3.39. The summed E-state index contributed by atoms with van der Waals surface area (Å²) in [7, 11) is 0. The number of rotatable bonds is 1. The summed E-state index contributed by atoms with van der Waals surface area (Å²) in [5.41, 5.74) is 0.532. The molecule has 0 radical (unpaired) electrons. The average molecular weight is 300 g/mol. The number of morpholine rings is 1. The summed E-state index contributed by atoms with van der Waals surface area (Å²) in [5.74, 6) is -0.000309. The summed E-state index contributed by atoms with van der Waals surface area (Å²) < 4.78 is 5.55. The molecule has 0 N–H and O–H groups in total. The van der Waals surface area contributed by atoms with E-state index in [-0.39, 0.29) is 18.0 Å². The second-order valence-electron chi connectivity index (χ2n) is 5.11. The summed E-state index contributed by atoms with van der Waals surface area (Å²) in [4.78, 5) is 14.6. The minimum absolute atomic E-state index is 0.000309. The first-order valence-electron chi connectivity index (χ1n) is 6.52. The molecule has 1 aromatic rings. The number of hydrogen-bond donors (Lipinski definition) is 0. The number of ether oxygens (including phenoxy) is 1. The predicted molar refractivity (Wildman–Crippen MR) is 74.9 cm³/mol. The number of carbonyl (C=O) groups excluding carboxylic acids is 1. The lowest BCUT2D eigenvalue weighted by Crippen LogP contribution is -2.57. The summed E-state index contributed by atoms with van der Waals surface area (Å²) >= 11 is 12.0. The molecule has 2 aliphatic heterocycles. The van der Waals surface area contributed by atoms with Gasteiger partial charge < -0.3 is 9.64 Å². The summed E-state index contributed by atoms with van der Waals surface area (Å²) in [6.45, 7) is 1.26. The van der Waals surface area contributed by atoms with E-state index in [1.807, 2.05) is 4.90 Å². The van der Waals surface area contributed by atoms with Crippen LogP contribution in [0.4, 0.5) is 0 Å². The van der Waals surface area contributed by atoms with E-state index >= 15 is 0 Å². The van der Waals surface area contributed by atoms with E-state index in [0.29, 0.717) is 28.8 Å². The van der Waals surface area contributed by atoms with Gasteiger partial charge in [0.2, 0.25) is 0 Å². The maximum Gasteiger partial charge on any atom is 0.256 e. The fourth-order valence-corrected chi connectivity index (χ4v) is 3.46. The molecule has 2 bridgehead atoms. The van der Waals surface area contributed by atoms with Crippen molar-refractivity contribution in [3.63, 3.8) is 0 Å². The van der Waals surface area contributed by atoms with E-state index in [9.17, 15) is 4.79 Å². The van der Waals surface area contributed by atoms with Crippen molar-refractivity contribution in [2.75, 3.05) is 13.2 Å². The lowest BCUT2D eigenvalue weighted by molar-refractivity contribution is -0.0565. The van der Waals surface area contributed by atoms with Crippen LogP contribution in [0.3, 0.4) is 0 Å². The fraction of sp³-hybridized carbons (Fsp3) is 0.500. The van der Waals surface area contributed by atoms with Crippen LogP contribution in [-0.4, -0.2) is 36.1 Å². The molecular weight excluding hydrogens is 285 g/mol. The number of nitrogens with zero attached hydrogens (tertiary/aromatic N) is 1. The van der Waals surface area contributed by atoms with Crippen LogP contribution in [0.5, 0.6) is 0 Å². The Morgan fingerprint density at radius 1 is 1.21 bits per heavy atom. The van der Waals surface area contributed by atoms with Gasteiger partial charge in [0.05, 0.1) is 35.9 Å². The first-order chi connectivity index (χ1) is 9.16. The molecule has 2 heterocycles. The quantitative estimate of drug-likeness (QED) is 0.795. The number of fused-ring (bicyclic) bond motifs is 2. The highest BCUT2D eigenvalue weighted by molar-refractivity contribution is 6.36. The van der Waals surface area contributed by atoms with Gasteiger partial charge in [0.25, 0.3) is 5.91 Å². The smallest absolute Gasteiger partial charge is 0.256 e. The second-order valence-corrected chi connectivity index (χ2v) is 5.96. The SMILES string of the molecule is O=C(c1ccc(Cl)cc1Cl)N1[C@H]2CCC[C@H]1COC2. The van der Waals surface area contributed by atoms with Crippen molar-refractivity contribution >= 4 is 29.1 Å². The lowest BCUT2D eigenvalue weighted by atomic mass is 9.93. The molecule has 2 saturated heterocycles. The Balaban J connectivity index is 1.90. The van der Waals surface area contributed by atoms with Crippen molar-refractivity contribution in [3.8, 4) is 0 Å². The van der Waals surface area contributed by atoms with Crippen molar-refractivity contribution in [3.05, 3.63) is 33.8 Å². The normalized spacial score (nSPS) is 26.3. The van der Waals surface area contributed by atoms with Gasteiger partial charge in [0, 0.05) is 5.02 Å². The molecule has 0 spiro atoms. The number of halogens is 2. The van der Waals surface area contributed by atoms with Crippen LogP contribution in [0.2, 0.25) is 10.0 Å². The Morgan fingerprint density at radius 2 is 1.89 bits per heavy atom. The van der Waals surface area contributed by atoms with Crippen molar-refractivity contribution in [2.24, 2.45) is 0 Å². The highest BCUT2D eigenvalue weighted by Gasteiger charge is 2.38.